The van der Waals surface area contributed by atoms with Gasteiger partial charge in [0.2, 0.25) is 11.8 Å². The third-order valence-electron chi connectivity index (χ3n) is 5.29. The number of carbonyl (C=O) groups excluding carboxylic acids is 2. The second kappa shape index (κ2) is 10.2. The Bertz CT molecular complexity index is 844. The van der Waals surface area contributed by atoms with Crippen molar-refractivity contribution in [1.82, 2.24) is 9.80 Å². The number of benzene rings is 2. The van der Waals surface area contributed by atoms with Gasteiger partial charge in [-0.1, -0.05) is 43.3 Å². The fourth-order valence-corrected chi connectivity index (χ4v) is 3.55. The smallest absolute Gasteiger partial charge is 0.238 e. The van der Waals surface area contributed by atoms with E-state index < -0.39 is 0 Å². The number of carbonyl (C=O) groups is 2. The predicted octanol–water partition coefficient (Wildman–Crippen LogP) is 2.75. The molecule has 29 heavy (non-hydrogen) atoms. The number of hydrogen-bond acceptors (Lipinski definition) is 4. The zero-order valence-electron chi connectivity index (χ0n) is 17.3. The van der Waals surface area contributed by atoms with Crippen molar-refractivity contribution in [2.45, 2.75) is 20.3 Å². The minimum absolute atomic E-state index is 0.00154. The number of para-hydroxylation sites is 2. The molecular formula is C23H30N4O2. The molecule has 0 aliphatic carbocycles. The molecular weight excluding hydrogens is 364 g/mol. The van der Waals surface area contributed by atoms with E-state index in [2.05, 4.69) is 27.4 Å². The summed E-state index contributed by atoms with van der Waals surface area (Å²) in [4.78, 5) is 29.0. The lowest BCUT2D eigenvalue weighted by atomic mass is 10.1. The third-order valence-corrected chi connectivity index (χ3v) is 5.29. The molecule has 1 aliphatic rings. The normalized spacial score (nSPS) is 15.1. The molecule has 1 aliphatic heterocycles. The summed E-state index contributed by atoms with van der Waals surface area (Å²) in [5, 5.41) is 6.01. The zero-order valence-corrected chi connectivity index (χ0v) is 17.3. The van der Waals surface area contributed by atoms with Crippen LogP contribution in [0.5, 0.6) is 0 Å². The van der Waals surface area contributed by atoms with Crippen LogP contribution in [0.3, 0.4) is 0 Å². The van der Waals surface area contributed by atoms with Gasteiger partial charge in [-0.25, -0.2) is 0 Å². The highest BCUT2D eigenvalue weighted by Crippen LogP contribution is 2.16. The van der Waals surface area contributed by atoms with Gasteiger partial charge in [0.15, 0.2) is 0 Å². The fraction of sp³-hybridized carbons (Fsp3) is 0.391. The van der Waals surface area contributed by atoms with Crippen molar-refractivity contribution in [3.8, 4) is 0 Å². The molecule has 1 heterocycles. The van der Waals surface area contributed by atoms with E-state index in [9.17, 15) is 9.59 Å². The third kappa shape index (κ3) is 6.14. The van der Waals surface area contributed by atoms with Crippen LogP contribution in [0.2, 0.25) is 0 Å². The van der Waals surface area contributed by atoms with Crippen LogP contribution in [0.15, 0.2) is 48.5 Å². The lowest BCUT2D eigenvalue weighted by Crippen LogP contribution is -2.50. The van der Waals surface area contributed by atoms with Gasteiger partial charge in [-0.2, -0.15) is 0 Å². The van der Waals surface area contributed by atoms with E-state index in [4.69, 9.17) is 0 Å². The van der Waals surface area contributed by atoms with Crippen molar-refractivity contribution < 1.29 is 9.59 Å². The van der Waals surface area contributed by atoms with Crippen molar-refractivity contribution in [2.75, 3.05) is 49.9 Å². The van der Waals surface area contributed by atoms with Crippen LogP contribution in [0.4, 0.5) is 11.4 Å². The van der Waals surface area contributed by atoms with Crippen LogP contribution in [0, 0.1) is 6.92 Å². The standard InChI is InChI=1S/C23H30N4O2/c1-3-19-9-5-7-11-21(19)25-23(29)17-27-14-12-26(13-15-27)16-22(28)24-20-10-6-4-8-18(20)2/h4-11H,3,12-17H2,1-2H3,(H,24,28)(H,25,29). The maximum atomic E-state index is 12.4. The van der Waals surface area contributed by atoms with Crippen LogP contribution >= 0.6 is 0 Å². The van der Waals surface area contributed by atoms with Gasteiger partial charge in [0.05, 0.1) is 13.1 Å². The summed E-state index contributed by atoms with van der Waals surface area (Å²) in [5.41, 5.74) is 3.96. The first kappa shape index (κ1) is 21.0. The van der Waals surface area contributed by atoms with Gasteiger partial charge in [0, 0.05) is 37.6 Å². The van der Waals surface area contributed by atoms with E-state index >= 15 is 0 Å². The summed E-state index contributed by atoms with van der Waals surface area (Å²) in [6, 6.07) is 15.7. The largest absolute Gasteiger partial charge is 0.325 e. The Balaban J connectivity index is 1.41. The molecule has 0 radical (unpaired) electrons. The van der Waals surface area contributed by atoms with Crippen molar-refractivity contribution in [1.29, 1.82) is 0 Å². The maximum absolute atomic E-state index is 12.4. The summed E-state index contributed by atoms with van der Waals surface area (Å²) in [5.74, 6) is 0.0123. The van der Waals surface area contributed by atoms with Gasteiger partial charge < -0.3 is 10.6 Å². The van der Waals surface area contributed by atoms with Crippen LogP contribution in [-0.4, -0.2) is 60.9 Å². The number of piperazine rings is 1. The summed E-state index contributed by atoms with van der Waals surface area (Å²) in [6.45, 7) is 7.93. The molecule has 6 heteroatoms. The van der Waals surface area contributed by atoms with Crippen LogP contribution in [0.25, 0.3) is 0 Å². The Morgan fingerprint density at radius 3 is 1.83 bits per heavy atom. The number of rotatable bonds is 7. The molecule has 1 saturated heterocycles. The number of amides is 2. The van der Waals surface area contributed by atoms with Crippen LogP contribution in [-0.2, 0) is 16.0 Å². The molecule has 0 atom stereocenters. The van der Waals surface area contributed by atoms with E-state index in [0.717, 1.165) is 55.1 Å². The highest BCUT2D eigenvalue weighted by Gasteiger charge is 2.21. The Morgan fingerprint density at radius 2 is 1.28 bits per heavy atom. The summed E-state index contributed by atoms with van der Waals surface area (Å²) in [7, 11) is 0. The first-order valence-electron chi connectivity index (χ1n) is 10.2. The number of aryl methyl sites for hydroxylation is 2. The number of anilines is 2. The minimum atomic E-state index is 0.00154. The van der Waals surface area contributed by atoms with E-state index in [1.54, 1.807) is 0 Å². The monoisotopic (exact) mass is 394 g/mol. The second-order valence-electron chi connectivity index (χ2n) is 7.47. The fourth-order valence-electron chi connectivity index (χ4n) is 3.55. The first-order valence-corrected chi connectivity index (χ1v) is 10.2. The van der Waals surface area contributed by atoms with Crippen molar-refractivity contribution >= 4 is 23.2 Å². The lowest BCUT2D eigenvalue weighted by molar-refractivity contribution is -0.120. The maximum Gasteiger partial charge on any atom is 0.238 e. The van der Waals surface area contributed by atoms with Crippen molar-refractivity contribution in [3.63, 3.8) is 0 Å². The average Bonchev–Trinajstić information content (AvgIpc) is 2.71. The minimum Gasteiger partial charge on any atom is -0.325 e. The molecule has 3 rings (SSSR count). The quantitative estimate of drug-likeness (QED) is 0.758. The van der Waals surface area contributed by atoms with Crippen molar-refractivity contribution in [2.24, 2.45) is 0 Å². The van der Waals surface area contributed by atoms with Gasteiger partial charge >= 0.3 is 0 Å². The molecule has 2 aromatic carbocycles. The molecule has 0 aromatic heterocycles. The van der Waals surface area contributed by atoms with E-state index in [1.165, 1.54) is 0 Å². The highest BCUT2D eigenvalue weighted by atomic mass is 16.2. The van der Waals surface area contributed by atoms with Gasteiger partial charge in [-0.05, 0) is 36.6 Å². The Morgan fingerprint density at radius 1 is 0.793 bits per heavy atom. The molecule has 0 bridgehead atoms. The Hall–Kier alpha value is -2.70. The van der Waals surface area contributed by atoms with Gasteiger partial charge in [0.1, 0.15) is 0 Å². The molecule has 2 amide bonds. The Labute approximate surface area is 172 Å². The Kier molecular flexibility index (Phi) is 7.38. The molecule has 6 nitrogen and oxygen atoms in total. The zero-order chi connectivity index (χ0) is 20.6. The topological polar surface area (TPSA) is 64.7 Å². The number of hydrogen-bond donors (Lipinski definition) is 2. The van der Waals surface area contributed by atoms with Crippen LogP contribution in [0.1, 0.15) is 18.1 Å². The lowest BCUT2D eigenvalue weighted by Gasteiger charge is -2.33. The second-order valence-corrected chi connectivity index (χ2v) is 7.47. The number of nitrogens with zero attached hydrogens (tertiary/aromatic N) is 2. The van der Waals surface area contributed by atoms with E-state index in [0.29, 0.717) is 13.1 Å². The molecule has 154 valence electrons. The molecule has 1 fully saturated rings. The summed E-state index contributed by atoms with van der Waals surface area (Å²) < 4.78 is 0. The predicted molar refractivity (Wildman–Crippen MR) is 117 cm³/mol. The summed E-state index contributed by atoms with van der Waals surface area (Å²) in [6.07, 6.45) is 0.889. The first-order chi connectivity index (χ1) is 14.0. The molecule has 0 saturated carbocycles. The highest BCUT2D eigenvalue weighted by molar-refractivity contribution is 5.93. The summed E-state index contributed by atoms with van der Waals surface area (Å²) >= 11 is 0. The van der Waals surface area contributed by atoms with Gasteiger partial charge in [-0.15, -0.1) is 0 Å². The molecule has 0 unspecified atom stereocenters. The SMILES string of the molecule is CCc1ccccc1NC(=O)CN1CCN(CC(=O)Nc2ccccc2C)CC1. The molecule has 0 spiro atoms. The van der Waals surface area contributed by atoms with Gasteiger partial charge in [-0.3, -0.25) is 19.4 Å². The van der Waals surface area contributed by atoms with Crippen LogP contribution < -0.4 is 10.6 Å². The van der Waals surface area contributed by atoms with Gasteiger partial charge in [0.25, 0.3) is 0 Å². The van der Waals surface area contributed by atoms with E-state index in [-0.39, 0.29) is 11.8 Å². The molecule has 2 N–H and O–H groups in total. The van der Waals surface area contributed by atoms with E-state index in [1.807, 2.05) is 55.5 Å². The molecule has 2 aromatic rings. The average molecular weight is 395 g/mol. The number of nitrogens with one attached hydrogen (secondary N) is 2. The van der Waals surface area contributed by atoms with Crippen molar-refractivity contribution in [3.05, 3.63) is 59.7 Å².